The fourth-order valence-corrected chi connectivity index (χ4v) is 2.70. The van der Waals surface area contributed by atoms with Crippen molar-refractivity contribution in [1.29, 1.82) is 0 Å². The molecule has 0 saturated heterocycles. The molecule has 3 rings (SSSR count). The van der Waals surface area contributed by atoms with Crippen LogP contribution < -0.4 is 10.2 Å². The molecule has 0 unspecified atom stereocenters. The van der Waals surface area contributed by atoms with Gasteiger partial charge in [-0.1, -0.05) is 42.5 Å². The van der Waals surface area contributed by atoms with E-state index in [1.807, 2.05) is 24.3 Å². The highest BCUT2D eigenvalue weighted by Crippen LogP contribution is 2.37. The Hall–Kier alpha value is -1.84. The van der Waals surface area contributed by atoms with Crippen molar-refractivity contribution in [2.45, 2.75) is 31.4 Å². The molecule has 0 aromatic heterocycles. The van der Waals surface area contributed by atoms with Crippen molar-refractivity contribution in [1.82, 2.24) is 5.48 Å². The van der Waals surface area contributed by atoms with Crippen molar-refractivity contribution in [3.63, 3.8) is 0 Å². The number of hydrogen-bond acceptors (Lipinski definition) is 3. The summed E-state index contributed by atoms with van der Waals surface area (Å²) in [7, 11) is 1.71. The Labute approximate surface area is 125 Å². The van der Waals surface area contributed by atoms with Gasteiger partial charge in [0, 0.05) is 6.04 Å². The molecule has 1 aliphatic rings. The fraction of sp³-hybridized carbons (Fsp3) is 0.333. The van der Waals surface area contributed by atoms with E-state index in [1.165, 1.54) is 11.1 Å². The standard InChI is InChI=1S/C18H21NO2/c1-20-18-9-5-8-15(12-18)16-10-17(11-16)19-21-13-14-6-3-2-4-7-14/h2-9,12,16-17,19H,10-11,13H2,1H3. The van der Waals surface area contributed by atoms with Crippen LogP contribution in [0, 0.1) is 0 Å². The molecule has 0 radical (unpaired) electrons. The third-order valence-corrected chi connectivity index (χ3v) is 4.03. The Morgan fingerprint density at radius 1 is 1.05 bits per heavy atom. The van der Waals surface area contributed by atoms with Gasteiger partial charge >= 0.3 is 0 Å². The largest absolute Gasteiger partial charge is 0.497 e. The minimum absolute atomic E-state index is 0.449. The minimum Gasteiger partial charge on any atom is -0.497 e. The lowest BCUT2D eigenvalue weighted by atomic mass is 9.76. The van der Waals surface area contributed by atoms with Gasteiger partial charge in [0.1, 0.15) is 5.75 Å². The van der Waals surface area contributed by atoms with Gasteiger partial charge in [0.25, 0.3) is 0 Å². The maximum Gasteiger partial charge on any atom is 0.119 e. The zero-order valence-electron chi connectivity index (χ0n) is 12.3. The second-order valence-corrected chi connectivity index (χ2v) is 5.53. The van der Waals surface area contributed by atoms with E-state index in [9.17, 15) is 0 Å². The summed E-state index contributed by atoms with van der Waals surface area (Å²) in [5.41, 5.74) is 5.71. The average molecular weight is 283 g/mol. The lowest BCUT2D eigenvalue weighted by Crippen LogP contribution is -2.39. The molecule has 0 heterocycles. The molecular formula is C18H21NO2. The minimum atomic E-state index is 0.449. The summed E-state index contributed by atoms with van der Waals surface area (Å²) in [5.74, 6) is 1.54. The topological polar surface area (TPSA) is 30.5 Å². The Bertz CT molecular complexity index is 564. The SMILES string of the molecule is COc1cccc(C2CC(NOCc3ccccc3)C2)c1. The lowest BCUT2D eigenvalue weighted by Gasteiger charge is -2.35. The van der Waals surface area contributed by atoms with E-state index in [0.717, 1.165) is 18.6 Å². The molecule has 110 valence electrons. The van der Waals surface area contributed by atoms with E-state index >= 15 is 0 Å². The average Bonchev–Trinajstić information content (AvgIpc) is 2.50. The Morgan fingerprint density at radius 2 is 1.86 bits per heavy atom. The van der Waals surface area contributed by atoms with Gasteiger partial charge in [-0.2, -0.15) is 5.48 Å². The highest BCUT2D eigenvalue weighted by Gasteiger charge is 2.30. The smallest absolute Gasteiger partial charge is 0.119 e. The van der Waals surface area contributed by atoms with Crippen LogP contribution in [0.1, 0.15) is 29.9 Å². The van der Waals surface area contributed by atoms with E-state index in [2.05, 4.69) is 35.8 Å². The van der Waals surface area contributed by atoms with Gasteiger partial charge in [-0.15, -0.1) is 0 Å². The fourth-order valence-electron chi connectivity index (χ4n) is 2.70. The summed E-state index contributed by atoms with van der Waals surface area (Å²) < 4.78 is 5.27. The van der Waals surface area contributed by atoms with Crippen molar-refractivity contribution in [3.8, 4) is 5.75 Å². The molecule has 21 heavy (non-hydrogen) atoms. The van der Waals surface area contributed by atoms with Crippen molar-refractivity contribution < 1.29 is 9.57 Å². The quantitative estimate of drug-likeness (QED) is 0.821. The van der Waals surface area contributed by atoms with Crippen LogP contribution in [0.3, 0.4) is 0 Å². The summed E-state index contributed by atoms with van der Waals surface area (Å²) in [5, 5.41) is 0. The van der Waals surface area contributed by atoms with Crippen LogP contribution in [0.15, 0.2) is 54.6 Å². The van der Waals surface area contributed by atoms with Gasteiger partial charge < -0.3 is 4.74 Å². The third-order valence-electron chi connectivity index (χ3n) is 4.03. The van der Waals surface area contributed by atoms with Crippen LogP contribution in [0.2, 0.25) is 0 Å². The molecule has 0 aliphatic heterocycles. The van der Waals surface area contributed by atoms with Gasteiger partial charge in [0.05, 0.1) is 13.7 Å². The monoisotopic (exact) mass is 283 g/mol. The van der Waals surface area contributed by atoms with Crippen LogP contribution in [-0.2, 0) is 11.4 Å². The van der Waals surface area contributed by atoms with Crippen molar-refractivity contribution >= 4 is 0 Å². The summed E-state index contributed by atoms with van der Waals surface area (Å²) in [4.78, 5) is 5.58. The first-order valence-corrected chi connectivity index (χ1v) is 7.40. The molecule has 3 nitrogen and oxygen atoms in total. The molecule has 1 N–H and O–H groups in total. The van der Waals surface area contributed by atoms with E-state index in [1.54, 1.807) is 7.11 Å². The maximum atomic E-state index is 5.58. The number of benzene rings is 2. The first-order chi connectivity index (χ1) is 10.3. The highest BCUT2D eigenvalue weighted by molar-refractivity contribution is 5.32. The van der Waals surface area contributed by atoms with Gasteiger partial charge in [-0.25, -0.2) is 0 Å². The number of ether oxygens (including phenoxy) is 1. The second-order valence-electron chi connectivity index (χ2n) is 5.53. The molecule has 1 aliphatic carbocycles. The second kappa shape index (κ2) is 6.74. The van der Waals surface area contributed by atoms with Crippen LogP contribution in [0.5, 0.6) is 5.75 Å². The predicted molar refractivity (Wildman–Crippen MR) is 83.1 cm³/mol. The predicted octanol–water partition coefficient (Wildman–Crippen LogP) is 3.66. The van der Waals surface area contributed by atoms with Crippen molar-refractivity contribution in [2.75, 3.05) is 7.11 Å². The molecule has 0 spiro atoms. The zero-order chi connectivity index (χ0) is 14.5. The first-order valence-electron chi connectivity index (χ1n) is 7.40. The van der Waals surface area contributed by atoms with Crippen molar-refractivity contribution in [3.05, 3.63) is 65.7 Å². The van der Waals surface area contributed by atoms with Crippen LogP contribution >= 0.6 is 0 Å². The Morgan fingerprint density at radius 3 is 2.62 bits per heavy atom. The van der Waals surface area contributed by atoms with Gasteiger partial charge in [0.2, 0.25) is 0 Å². The normalized spacial score (nSPS) is 20.8. The maximum absolute atomic E-state index is 5.58. The lowest BCUT2D eigenvalue weighted by molar-refractivity contribution is -0.0197. The summed E-state index contributed by atoms with van der Waals surface area (Å²) in [6.07, 6.45) is 2.23. The summed E-state index contributed by atoms with van der Waals surface area (Å²) >= 11 is 0. The number of methoxy groups -OCH3 is 1. The Balaban J connectivity index is 1.41. The van der Waals surface area contributed by atoms with E-state index in [0.29, 0.717) is 18.6 Å². The number of rotatable bonds is 6. The van der Waals surface area contributed by atoms with Crippen LogP contribution in [0.25, 0.3) is 0 Å². The molecule has 3 heteroatoms. The van der Waals surface area contributed by atoms with Crippen LogP contribution in [-0.4, -0.2) is 13.2 Å². The molecule has 0 amide bonds. The summed E-state index contributed by atoms with van der Waals surface area (Å²) in [6, 6.07) is 19.0. The number of nitrogens with one attached hydrogen (secondary N) is 1. The van der Waals surface area contributed by atoms with Gasteiger partial charge in [-0.05, 0) is 42.0 Å². The molecule has 1 saturated carbocycles. The number of hydroxylamine groups is 1. The number of hydrogen-bond donors (Lipinski definition) is 1. The molecule has 0 bridgehead atoms. The molecule has 2 aromatic carbocycles. The van der Waals surface area contributed by atoms with Crippen LogP contribution in [0.4, 0.5) is 0 Å². The van der Waals surface area contributed by atoms with Gasteiger partial charge in [-0.3, -0.25) is 4.84 Å². The van der Waals surface area contributed by atoms with E-state index in [4.69, 9.17) is 9.57 Å². The third kappa shape index (κ3) is 3.63. The van der Waals surface area contributed by atoms with E-state index < -0.39 is 0 Å². The van der Waals surface area contributed by atoms with Crippen molar-refractivity contribution in [2.24, 2.45) is 0 Å². The zero-order valence-corrected chi connectivity index (χ0v) is 12.3. The molecule has 0 atom stereocenters. The van der Waals surface area contributed by atoms with E-state index in [-0.39, 0.29) is 0 Å². The molecule has 2 aromatic rings. The first kappa shape index (κ1) is 14.1. The highest BCUT2D eigenvalue weighted by atomic mass is 16.6. The Kier molecular flexibility index (Phi) is 4.53. The summed E-state index contributed by atoms with van der Waals surface area (Å²) in [6.45, 7) is 0.612. The molecular weight excluding hydrogens is 262 g/mol. The van der Waals surface area contributed by atoms with Gasteiger partial charge in [0.15, 0.2) is 0 Å². The molecule has 1 fully saturated rings.